The van der Waals surface area contributed by atoms with Crippen LogP contribution < -0.4 is 4.90 Å². The van der Waals surface area contributed by atoms with Crippen LogP contribution in [-0.2, 0) is 0 Å². The number of rotatable bonds is 1. The van der Waals surface area contributed by atoms with Crippen LogP contribution >= 0.6 is 0 Å². The molecule has 0 fully saturated rings. The minimum absolute atomic E-state index is 0.0594. The molecule has 0 aromatic heterocycles. The van der Waals surface area contributed by atoms with Gasteiger partial charge in [0.15, 0.2) is 0 Å². The number of aryl methyl sites for hydroxylation is 2. The molecule has 5 heteroatoms. The first-order valence-corrected chi connectivity index (χ1v) is 6.42. The van der Waals surface area contributed by atoms with Gasteiger partial charge in [-0.1, -0.05) is 0 Å². The fourth-order valence-electron chi connectivity index (χ4n) is 2.72. The Morgan fingerprint density at radius 3 is 2.00 bits per heavy atom. The lowest BCUT2D eigenvalue weighted by Crippen LogP contribution is -2.30. The molecule has 2 aromatic carbocycles. The molecule has 2 aromatic rings. The summed E-state index contributed by atoms with van der Waals surface area (Å²) < 4.78 is 0. The van der Waals surface area contributed by atoms with Gasteiger partial charge < -0.3 is 10.2 Å². The Bertz CT molecular complexity index is 772. The van der Waals surface area contributed by atoms with Crippen molar-refractivity contribution in [1.82, 2.24) is 0 Å². The average Bonchev–Trinajstić information content (AvgIpc) is 2.62. The van der Waals surface area contributed by atoms with Crippen molar-refractivity contribution in [3.63, 3.8) is 0 Å². The maximum atomic E-state index is 12.5. The maximum Gasteiger partial charge on any atom is 0.266 e. The first-order valence-electron chi connectivity index (χ1n) is 6.42. The summed E-state index contributed by atoms with van der Waals surface area (Å²) in [6.07, 6.45) is 0. The van der Waals surface area contributed by atoms with E-state index in [-0.39, 0.29) is 22.6 Å². The Kier molecular flexibility index (Phi) is 2.73. The molecule has 3 rings (SSSR count). The molecule has 1 heterocycles. The van der Waals surface area contributed by atoms with E-state index in [2.05, 4.69) is 0 Å². The largest absolute Gasteiger partial charge is 0.508 e. The highest BCUT2D eigenvalue weighted by molar-refractivity contribution is 6.35. The number of aromatic hydroxyl groups is 2. The van der Waals surface area contributed by atoms with Crippen LogP contribution in [0.5, 0.6) is 11.5 Å². The van der Waals surface area contributed by atoms with Crippen molar-refractivity contribution in [2.24, 2.45) is 0 Å². The highest BCUT2D eigenvalue weighted by Gasteiger charge is 2.38. The van der Waals surface area contributed by atoms with Gasteiger partial charge in [-0.15, -0.1) is 0 Å². The Morgan fingerprint density at radius 1 is 0.810 bits per heavy atom. The Labute approximate surface area is 121 Å². The molecule has 0 saturated carbocycles. The predicted octanol–water partition coefficient (Wildman–Crippen LogP) is 2.52. The first-order chi connectivity index (χ1) is 9.90. The summed E-state index contributed by atoms with van der Waals surface area (Å²) in [6.45, 7) is 3.45. The number of anilines is 1. The second-order valence-corrected chi connectivity index (χ2v) is 5.10. The van der Waals surface area contributed by atoms with E-state index >= 15 is 0 Å². The molecular formula is C16H13NO4. The van der Waals surface area contributed by atoms with Gasteiger partial charge in [0.05, 0.1) is 16.8 Å². The summed E-state index contributed by atoms with van der Waals surface area (Å²) in [5, 5.41) is 19.1. The minimum Gasteiger partial charge on any atom is -0.508 e. The standard InChI is InChI=1S/C16H13NO4/c1-8-5-11(19)6-9(2)14(8)17-15(20)12-4-3-10(18)7-13(12)16(17)21/h3-7,18-19H,1-2H3. The van der Waals surface area contributed by atoms with Gasteiger partial charge in [-0.2, -0.15) is 0 Å². The highest BCUT2D eigenvalue weighted by atomic mass is 16.3. The number of benzene rings is 2. The molecule has 0 bridgehead atoms. The second-order valence-electron chi connectivity index (χ2n) is 5.10. The summed E-state index contributed by atoms with van der Waals surface area (Å²) in [6, 6.07) is 7.12. The zero-order chi connectivity index (χ0) is 15.3. The lowest BCUT2D eigenvalue weighted by Gasteiger charge is -2.19. The quantitative estimate of drug-likeness (QED) is 0.788. The van der Waals surface area contributed by atoms with E-state index < -0.39 is 11.8 Å². The van der Waals surface area contributed by atoms with Crippen LogP contribution in [0.3, 0.4) is 0 Å². The highest BCUT2D eigenvalue weighted by Crippen LogP contribution is 2.35. The van der Waals surface area contributed by atoms with Gasteiger partial charge in [-0.3, -0.25) is 9.59 Å². The van der Waals surface area contributed by atoms with Crippen LogP contribution in [-0.4, -0.2) is 22.0 Å². The molecule has 0 spiro atoms. The summed E-state index contributed by atoms with van der Waals surface area (Å²) in [5.74, 6) is -0.867. The number of nitrogens with zero attached hydrogens (tertiary/aromatic N) is 1. The predicted molar refractivity (Wildman–Crippen MR) is 76.8 cm³/mol. The lowest BCUT2D eigenvalue weighted by molar-refractivity contribution is 0.0925. The van der Waals surface area contributed by atoms with Crippen molar-refractivity contribution >= 4 is 17.5 Å². The van der Waals surface area contributed by atoms with Crippen molar-refractivity contribution < 1.29 is 19.8 Å². The number of amides is 2. The summed E-state index contributed by atoms with van der Waals surface area (Å²) in [5.41, 5.74) is 2.19. The number of carbonyl (C=O) groups excluding carboxylic acids is 2. The summed E-state index contributed by atoms with van der Waals surface area (Å²) >= 11 is 0. The lowest BCUT2D eigenvalue weighted by atomic mass is 10.1. The molecule has 2 amide bonds. The molecule has 1 aliphatic rings. The van der Waals surface area contributed by atoms with E-state index in [1.54, 1.807) is 13.8 Å². The third kappa shape index (κ3) is 1.86. The zero-order valence-electron chi connectivity index (χ0n) is 11.5. The first kappa shape index (κ1) is 13.2. The second kappa shape index (κ2) is 4.34. The van der Waals surface area contributed by atoms with E-state index in [1.165, 1.54) is 30.3 Å². The Hall–Kier alpha value is -2.82. The topological polar surface area (TPSA) is 77.8 Å². The fourth-order valence-corrected chi connectivity index (χ4v) is 2.72. The Balaban J connectivity index is 2.19. The van der Waals surface area contributed by atoms with Crippen molar-refractivity contribution in [2.45, 2.75) is 13.8 Å². The fraction of sp³-hybridized carbons (Fsp3) is 0.125. The summed E-state index contributed by atoms with van der Waals surface area (Å²) in [4.78, 5) is 26.0. The van der Waals surface area contributed by atoms with Crippen molar-refractivity contribution in [3.05, 3.63) is 52.6 Å². The molecule has 5 nitrogen and oxygen atoms in total. The van der Waals surface area contributed by atoms with E-state index in [4.69, 9.17) is 0 Å². The van der Waals surface area contributed by atoms with Gasteiger partial charge in [0.2, 0.25) is 0 Å². The zero-order valence-corrected chi connectivity index (χ0v) is 11.5. The SMILES string of the molecule is Cc1cc(O)cc(C)c1N1C(=O)c2ccc(O)cc2C1=O. The third-order valence-electron chi connectivity index (χ3n) is 3.57. The molecule has 21 heavy (non-hydrogen) atoms. The summed E-state index contributed by atoms with van der Waals surface area (Å²) in [7, 11) is 0. The number of phenolic OH excluding ortho intramolecular Hbond substituents is 2. The molecule has 0 unspecified atom stereocenters. The van der Waals surface area contributed by atoms with Crippen LogP contribution in [0.25, 0.3) is 0 Å². The molecule has 2 N–H and O–H groups in total. The molecule has 0 radical (unpaired) electrons. The van der Waals surface area contributed by atoms with Crippen LogP contribution in [0.4, 0.5) is 5.69 Å². The van der Waals surface area contributed by atoms with Crippen molar-refractivity contribution in [3.8, 4) is 11.5 Å². The number of imide groups is 1. The van der Waals surface area contributed by atoms with Gasteiger partial charge in [-0.25, -0.2) is 4.90 Å². The van der Waals surface area contributed by atoms with Crippen LogP contribution in [0.1, 0.15) is 31.8 Å². The number of hydrogen-bond acceptors (Lipinski definition) is 4. The maximum absolute atomic E-state index is 12.5. The molecule has 0 saturated heterocycles. The van der Waals surface area contributed by atoms with Crippen molar-refractivity contribution in [2.75, 3.05) is 4.90 Å². The molecule has 0 aliphatic carbocycles. The van der Waals surface area contributed by atoms with E-state index in [0.29, 0.717) is 16.8 Å². The number of hydrogen-bond donors (Lipinski definition) is 2. The van der Waals surface area contributed by atoms with Crippen LogP contribution in [0.2, 0.25) is 0 Å². The van der Waals surface area contributed by atoms with E-state index in [9.17, 15) is 19.8 Å². The Morgan fingerprint density at radius 2 is 1.38 bits per heavy atom. The monoisotopic (exact) mass is 283 g/mol. The van der Waals surface area contributed by atoms with Crippen LogP contribution in [0, 0.1) is 13.8 Å². The molecule has 0 atom stereocenters. The van der Waals surface area contributed by atoms with Gasteiger partial charge in [0, 0.05) is 0 Å². The average molecular weight is 283 g/mol. The minimum atomic E-state index is -0.470. The smallest absolute Gasteiger partial charge is 0.266 e. The van der Waals surface area contributed by atoms with Gasteiger partial charge in [-0.05, 0) is 55.3 Å². The van der Waals surface area contributed by atoms with E-state index in [0.717, 1.165) is 4.90 Å². The van der Waals surface area contributed by atoms with Gasteiger partial charge in [0.1, 0.15) is 11.5 Å². The number of fused-ring (bicyclic) bond motifs is 1. The van der Waals surface area contributed by atoms with Gasteiger partial charge in [0.25, 0.3) is 11.8 Å². The number of carbonyl (C=O) groups is 2. The van der Waals surface area contributed by atoms with Gasteiger partial charge >= 0.3 is 0 Å². The normalized spacial score (nSPS) is 13.7. The third-order valence-corrected chi connectivity index (χ3v) is 3.57. The molecule has 1 aliphatic heterocycles. The van der Waals surface area contributed by atoms with Crippen molar-refractivity contribution in [1.29, 1.82) is 0 Å². The molecular weight excluding hydrogens is 270 g/mol. The number of phenols is 2. The van der Waals surface area contributed by atoms with E-state index in [1.807, 2.05) is 0 Å². The molecule has 106 valence electrons. The van der Waals surface area contributed by atoms with Crippen LogP contribution in [0.15, 0.2) is 30.3 Å².